The lowest BCUT2D eigenvalue weighted by Crippen LogP contribution is -2.39. The fourth-order valence-electron chi connectivity index (χ4n) is 3.79. The van der Waals surface area contributed by atoms with Crippen LogP contribution in [0.2, 0.25) is 0 Å². The van der Waals surface area contributed by atoms with E-state index in [4.69, 9.17) is 9.15 Å². The summed E-state index contributed by atoms with van der Waals surface area (Å²) in [6, 6.07) is 11.5. The van der Waals surface area contributed by atoms with Crippen LogP contribution in [-0.4, -0.2) is 34.4 Å². The Labute approximate surface area is 168 Å². The van der Waals surface area contributed by atoms with Gasteiger partial charge in [-0.3, -0.25) is 9.59 Å². The third-order valence-corrected chi connectivity index (χ3v) is 5.17. The van der Waals surface area contributed by atoms with Gasteiger partial charge >= 0.3 is 0 Å². The van der Waals surface area contributed by atoms with Crippen LogP contribution in [0.15, 0.2) is 45.6 Å². The standard InChI is InChI=1S/C22H23N3O4/c1-13-11-14(2)23-20(26)18(13)22(27)25-10-9-17-16(12-25)24-21(29-17)19(28-3)15-7-5-4-6-8-15/h4-8,11,19H,9-10,12H2,1-3H3,(H,23,26). The number of oxazole rings is 1. The maximum absolute atomic E-state index is 13.0. The van der Waals surface area contributed by atoms with Crippen LogP contribution in [0, 0.1) is 13.8 Å². The van der Waals surface area contributed by atoms with Crippen molar-refractivity contribution in [1.82, 2.24) is 14.9 Å². The third kappa shape index (κ3) is 3.61. The fourth-order valence-corrected chi connectivity index (χ4v) is 3.79. The molecule has 4 rings (SSSR count). The molecule has 29 heavy (non-hydrogen) atoms. The first-order valence-corrected chi connectivity index (χ1v) is 9.54. The number of benzene rings is 1. The van der Waals surface area contributed by atoms with Crippen LogP contribution in [0.5, 0.6) is 0 Å². The topological polar surface area (TPSA) is 88.4 Å². The Hall–Kier alpha value is -3.19. The molecule has 3 aromatic rings. The number of carbonyl (C=O) groups excluding carboxylic acids is 1. The molecule has 0 bridgehead atoms. The molecule has 0 saturated carbocycles. The molecule has 1 aliphatic rings. The van der Waals surface area contributed by atoms with Crippen molar-refractivity contribution < 1.29 is 13.9 Å². The molecule has 0 radical (unpaired) electrons. The highest BCUT2D eigenvalue weighted by molar-refractivity contribution is 5.95. The number of hydrogen-bond acceptors (Lipinski definition) is 5. The number of aromatic amines is 1. The van der Waals surface area contributed by atoms with Crippen LogP contribution in [0.1, 0.15) is 50.6 Å². The van der Waals surface area contributed by atoms with Gasteiger partial charge in [0.1, 0.15) is 17.0 Å². The zero-order valence-electron chi connectivity index (χ0n) is 16.7. The van der Waals surface area contributed by atoms with E-state index in [1.807, 2.05) is 30.3 Å². The average molecular weight is 393 g/mol. The van der Waals surface area contributed by atoms with Crippen LogP contribution in [0.3, 0.4) is 0 Å². The van der Waals surface area contributed by atoms with Gasteiger partial charge in [0.15, 0.2) is 6.10 Å². The van der Waals surface area contributed by atoms with Gasteiger partial charge in [-0.2, -0.15) is 0 Å². The largest absolute Gasteiger partial charge is 0.442 e. The van der Waals surface area contributed by atoms with Gasteiger partial charge in [-0.1, -0.05) is 30.3 Å². The van der Waals surface area contributed by atoms with E-state index >= 15 is 0 Å². The molecule has 0 spiro atoms. The van der Waals surface area contributed by atoms with Gasteiger partial charge in [0.25, 0.3) is 11.5 Å². The van der Waals surface area contributed by atoms with Crippen molar-refractivity contribution in [2.45, 2.75) is 32.9 Å². The third-order valence-electron chi connectivity index (χ3n) is 5.17. The predicted molar refractivity (Wildman–Crippen MR) is 107 cm³/mol. The zero-order chi connectivity index (χ0) is 20.5. The Bertz CT molecular complexity index is 1100. The summed E-state index contributed by atoms with van der Waals surface area (Å²) >= 11 is 0. The van der Waals surface area contributed by atoms with Gasteiger partial charge in [0.2, 0.25) is 5.89 Å². The number of ether oxygens (including phenoxy) is 1. The first kappa shape index (κ1) is 19.1. The maximum Gasteiger partial charge on any atom is 0.261 e. The van der Waals surface area contributed by atoms with Crippen molar-refractivity contribution in [3.8, 4) is 0 Å². The van der Waals surface area contributed by atoms with E-state index in [1.54, 1.807) is 31.9 Å². The van der Waals surface area contributed by atoms with Gasteiger partial charge in [-0.15, -0.1) is 0 Å². The molecule has 7 nitrogen and oxygen atoms in total. The Morgan fingerprint density at radius 1 is 1.28 bits per heavy atom. The number of rotatable bonds is 4. The number of aromatic nitrogens is 2. The van der Waals surface area contributed by atoms with Gasteiger partial charge in [-0.25, -0.2) is 4.98 Å². The number of methoxy groups -OCH3 is 1. The monoisotopic (exact) mass is 393 g/mol. The summed E-state index contributed by atoms with van der Waals surface area (Å²) in [5.74, 6) is 0.948. The van der Waals surface area contributed by atoms with Crippen molar-refractivity contribution in [2.75, 3.05) is 13.7 Å². The van der Waals surface area contributed by atoms with Gasteiger partial charge in [0.05, 0.1) is 6.54 Å². The number of H-pyrrole nitrogens is 1. The second kappa shape index (κ2) is 7.67. The molecule has 0 fully saturated rings. The molecule has 3 heterocycles. The highest BCUT2D eigenvalue weighted by atomic mass is 16.5. The summed E-state index contributed by atoms with van der Waals surface area (Å²) in [7, 11) is 1.61. The molecule has 1 aromatic carbocycles. The van der Waals surface area contributed by atoms with Crippen molar-refractivity contribution in [2.24, 2.45) is 0 Å². The first-order chi connectivity index (χ1) is 14.0. The molecule has 1 amide bonds. The minimum absolute atomic E-state index is 0.182. The van der Waals surface area contributed by atoms with Crippen molar-refractivity contribution >= 4 is 5.91 Å². The number of nitrogens with one attached hydrogen (secondary N) is 1. The van der Waals surface area contributed by atoms with E-state index in [2.05, 4.69) is 9.97 Å². The number of carbonyl (C=O) groups is 1. The van der Waals surface area contributed by atoms with E-state index in [0.29, 0.717) is 36.7 Å². The van der Waals surface area contributed by atoms with Gasteiger partial charge in [0, 0.05) is 25.8 Å². The number of hydrogen-bond donors (Lipinski definition) is 1. The Morgan fingerprint density at radius 3 is 2.72 bits per heavy atom. The minimum Gasteiger partial charge on any atom is -0.442 e. The molecule has 7 heteroatoms. The predicted octanol–water partition coefficient (Wildman–Crippen LogP) is 2.91. The summed E-state index contributed by atoms with van der Waals surface area (Å²) in [4.78, 5) is 34.3. The Morgan fingerprint density at radius 2 is 2.03 bits per heavy atom. The lowest BCUT2D eigenvalue weighted by atomic mass is 10.1. The number of aryl methyl sites for hydroxylation is 2. The van der Waals surface area contributed by atoms with Crippen LogP contribution in [0.4, 0.5) is 0 Å². The minimum atomic E-state index is -0.409. The molecular formula is C22H23N3O4. The molecule has 150 valence electrons. The van der Waals surface area contributed by atoms with Gasteiger partial charge in [-0.05, 0) is 31.0 Å². The lowest BCUT2D eigenvalue weighted by Gasteiger charge is -2.25. The molecule has 1 N–H and O–H groups in total. The zero-order valence-corrected chi connectivity index (χ0v) is 16.7. The highest BCUT2D eigenvalue weighted by Gasteiger charge is 2.30. The van der Waals surface area contributed by atoms with Crippen molar-refractivity contribution in [1.29, 1.82) is 0 Å². The molecule has 1 aliphatic heterocycles. The molecule has 2 aromatic heterocycles. The van der Waals surface area contributed by atoms with Crippen LogP contribution < -0.4 is 5.56 Å². The second-order valence-corrected chi connectivity index (χ2v) is 7.26. The van der Waals surface area contributed by atoms with E-state index in [1.165, 1.54) is 0 Å². The quantitative estimate of drug-likeness (QED) is 0.736. The molecule has 0 saturated heterocycles. The Balaban J connectivity index is 1.60. The summed E-state index contributed by atoms with van der Waals surface area (Å²) in [5, 5.41) is 0. The van der Waals surface area contributed by atoms with E-state index in [9.17, 15) is 9.59 Å². The highest BCUT2D eigenvalue weighted by Crippen LogP contribution is 2.29. The van der Waals surface area contributed by atoms with E-state index in [-0.39, 0.29) is 17.0 Å². The summed E-state index contributed by atoms with van der Waals surface area (Å²) in [5.41, 5.74) is 2.88. The number of fused-ring (bicyclic) bond motifs is 1. The van der Waals surface area contributed by atoms with Crippen LogP contribution in [0.25, 0.3) is 0 Å². The average Bonchev–Trinajstić information content (AvgIpc) is 3.11. The van der Waals surface area contributed by atoms with Crippen LogP contribution in [-0.2, 0) is 17.7 Å². The SMILES string of the molecule is COC(c1ccccc1)c1nc2c(o1)CCN(C(=O)c1c(C)cc(C)[nH]c1=O)C2. The number of nitrogens with zero attached hydrogens (tertiary/aromatic N) is 2. The van der Waals surface area contributed by atoms with Crippen molar-refractivity contribution in [3.63, 3.8) is 0 Å². The number of amides is 1. The van der Waals surface area contributed by atoms with Gasteiger partial charge < -0.3 is 19.0 Å². The van der Waals surface area contributed by atoms with E-state index in [0.717, 1.165) is 17.0 Å². The molecular weight excluding hydrogens is 370 g/mol. The lowest BCUT2D eigenvalue weighted by molar-refractivity contribution is 0.0724. The van der Waals surface area contributed by atoms with Crippen molar-refractivity contribution in [3.05, 3.63) is 86.5 Å². The van der Waals surface area contributed by atoms with Crippen LogP contribution >= 0.6 is 0 Å². The fraction of sp³-hybridized carbons (Fsp3) is 0.318. The summed E-state index contributed by atoms with van der Waals surface area (Å²) in [6.07, 6.45) is 0.135. The molecule has 0 aliphatic carbocycles. The summed E-state index contributed by atoms with van der Waals surface area (Å²) in [6.45, 7) is 4.35. The normalized spacial score (nSPS) is 14.5. The second-order valence-electron chi connectivity index (χ2n) is 7.26. The van der Waals surface area contributed by atoms with E-state index < -0.39 is 6.10 Å². The smallest absolute Gasteiger partial charge is 0.261 e. The molecule has 1 atom stereocenters. The maximum atomic E-state index is 13.0. The summed E-state index contributed by atoms with van der Waals surface area (Å²) < 4.78 is 11.6. The Kier molecular flexibility index (Phi) is 5.07. The number of pyridine rings is 1. The molecule has 1 unspecified atom stereocenters. The first-order valence-electron chi connectivity index (χ1n) is 9.54.